The molecule has 0 bridgehead atoms. The van der Waals surface area contributed by atoms with E-state index in [0.29, 0.717) is 17.0 Å². The van der Waals surface area contributed by atoms with Crippen molar-refractivity contribution in [1.29, 1.82) is 0 Å². The Labute approximate surface area is 183 Å². The maximum absolute atomic E-state index is 13.0. The number of anilines is 3. The van der Waals surface area contributed by atoms with E-state index >= 15 is 0 Å². The second-order valence-electron chi connectivity index (χ2n) is 6.65. The van der Waals surface area contributed by atoms with Gasteiger partial charge in [0.1, 0.15) is 5.76 Å². The first-order valence-corrected chi connectivity index (χ1v) is 9.99. The molecular weight excluding hydrogens is 449 g/mol. The van der Waals surface area contributed by atoms with Crippen molar-refractivity contribution < 1.29 is 32.0 Å². The highest BCUT2D eigenvalue weighted by atomic mass is 32.1. The molecule has 32 heavy (non-hydrogen) atoms. The van der Waals surface area contributed by atoms with Crippen LogP contribution in [0, 0.1) is 6.92 Å². The molecule has 0 atom stereocenters. The number of carbonyl (C=O) groups is 3. The number of nitrogens with one attached hydrogen (secondary N) is 3. The fourth-order valence-electron chi connectivity index (χ4n) is 2.71. The number of aryl methyl sites for hydroxylation is 1. The smallest absolute Gasteiger partial charge is 0.416 e. The van der Waals surface area contributed by atoms with Crippen LogP contribution in [-0.4, -0.2) is 22.7 Å². The normalized spacial score (nSPS) is 11.2. The third-order valence-electron chi connectivity index (χ3n) is 4.15. The SMILES string of the molecule is CC(=O)Nc1ccc(C(F)(F)F)cc1NC(=O)Cc1csc(NC(=O)c2ccoc2C)n1. The van der Waals surface area contributed by atoms with E-state index in [4.69, 9.17) is 4.42 Å². The first-order valence-electron chi connectivity index (χ1n) is 9.11. The van der Waals surface area contributed by atoms with Crippen LogP contribution >= 0.6 is 11.3 Å². The van der Waals surface area contributed by atoms with Gasteiger partial charge >= 0.3 is 6.18 Å². The van der Waals surface area contributed by atoms with Gasteiger partial charge in [0.25, 0.3) is 5.91 Å². The van der Waals surface area contributed by atoms with Gasteiger partial charge in [-0.1, -0.05) is 0 Å². The van der Waals surface area contributed by atoms with Crippen LogP contribution in [0.15, 0.2) is 40.3 Å². The lowest BCUT2D eigenvalue weighted by molar-refractivity contribution is -0.137. The van der Waals surface area contributed by atoms with Crippen molar-refractivity contribution in [2.75, 3.05) is 16.0 Å². The van der Waals surface area contributed by atoms with E-state index in [0.717, 1.165) is 29.5 Å². The summed E-state index contributed by atoms with van der Waals surface area (Å²) in [6.07, 6.45) is -3.50. The van der Waals surface area contributed by atoms with E-state index in [1.54, 1.807) is 6.92 Å². The Morgan fingerprint density at radius 1 is 1.09 bits per heavy atom. The molecule has 0 spiro atoms. The monoisotopic (exact) mass is 466 g/mol. The molecule has 0 fully saturated rings. The molecule has 0 aliphatic rings. The molecule has 0 unspecified atom stereocenters. The zero-order valence-corrected chi connectivity index (χ0v) is 17.6. The number of halogens is 3. The molecule has 3 N–H and O–H groups in total. The van der Waals surface area contributed by atoms with Crippen LogP contribution in [0.5, 0.6) is 0 Å². The molecule has 3 amide bonds. The van der Waals surface area contributed by atoms with E-state index in [1.807, 2.05) is 0 Å². The fourth-order valence-corrected chi connectivity index (χ4v) is 3.42. The Morgan fingerprint density at radius 2 is 1.84 bits per heavy atom. The van der Waals surface area contributed by atoms with Crippen LogP contribution in [0.2, 0.25) is 0 Å². The molecule has 0 saturated carbocycles. The summed E-state index contributed by atoms with van der Waals surface area (Å²) in [5.41, 5.74) is -0.496. The summed E-state index contributed by atoms with van der Waals surface area (Å²) in [6, 6.07) is 4.11. The summed E-state index contributed by atoms with van der Waals surface area (Å²) in [6.45, 7) is 2.83. The summed E-state index contributed by atoms with van der Waals surface area (Å²) in [7, 11) is 0. The summed E-state index contributed by atoms with van der Waals surface area (Å²) in [4.78, 5) is 40.1. The number of alkyl halides is 3. The number of thiazole rings is 1. The van der Waals surface area contributed by atoms with Gasteiger partial charge in [-0.2, -0.15) is 13.2 Å². The van der Waals surface area contributed by atoms with E-state index < -0.39 is 29.5 Å². The van der Waals surface area contributed by atoms with Gasteiger partial charge in [-0.15, -0.1) is 11.3 Å². The molecule has 168 valence electrons. The number of carbonyl (C=O) groups excluding carboxylic acids is 3. The minimum absolute atomic E-state index is 0.0283. The van der Waals surface area contributed by atoms with Crippen molar-refractivity contribution in [3.05, 3.63) is 58.5 Å². The van der Waals surface area contributed by atoms with Crippen molar-refractivity contribution >= 4 is 45.6 Å². The summed E-state index contributed by atoms with van der Waals surface area (Å²) in [5, 5.41) is 9.12. The second-order valence-corrected chi connectivity index (χ2v) is 7.51. The van der Waals surface area contributed by atoms with E-state index in [9.17, 15) is 27.6 Å². The molecule has 0 radical (unpaired) electrons. The Hall–Kier alpha value is -3.67. The van der Waals surface area contributed by atoms with Crippen LogP contribution < -0.4 is 16.0 Å². The molecule has 1 aromatic carbocycles. The third kappa shape index (κ3) is 5.72. The predicted octanol–water partition coefficient (Wildman–Crippen LogP) is 4.46. The second kappa shape index (κ2) is 9.22. The van der Waals surface area contributed by atoms with Crippen molar-refractivity contribution in [3.8, 4) is 0 Å². The molecule has 2 heterocycles. The van der Waals surface area contributed by atoms with Crippen LogP contribution in [0.3, 0.4) is 0 Å². The number of furan rings is 1. The fraction of sp³-hybridized carbons (Fsp3) is 0.200. The molecule has 8 nitrogen and oxygen atoms in total. The van der Waals surface area contributed by atoms with Crippen LogP contribution in [-0.2, 0) is 22.2 Å². The largest absolute Gasteiger partial charge is 0.469 e. The quantitative estimate of drug-likeness (QED) is 0.497. The molecule has 12 heteroatoms. The van der Waals surface area contributed by atoms with Crippen LogP contribution in [0.25, 0.3) is 0 Å². The molecule has 0 aliphatic carbocycles. The van der Waals surface area contributed by atoms with Gasteiger partial charge in [0.2, 0.25) is 11.8 Å². The van der Waals surface area contributed by atoms with Crippen molar-refractivity contribution in [1.82, 2.24) is 4.98 Å². The molecule has 2 aromatic heterocycles. The summed E-state index contributed by atoms with van der Waals surface area (Å²) in [5.74, 6) is -1.14. The topological polar surface area (TPSA) is 113 Å². The van der Waals surface area contributed by atoms with E-state index in [1.165, 1.54) is 24.6 Å². The molecule has 3 rings (SSSR count). The van der Waals surface area contributed by atoms with Gasteiger partial charge in [0.05, 0.1) is 40.9 Å². The maximum Gasteiger partial charge on any atom is 0.416 e. The van der Waals surface area contributed by atoms with E-state index in [2.05, 4.69) is 20.9 Å². The third-order valence-corrected chi connectivity index (χ3v) is 4.96. The number of hydrogen-bond acceptors (Lipinski definition) is 6. The molecular formula is C20H17F3N4O4S. The number of amides is 3. The van der Waals surface area contributed by atoms with Gasteiger partial charge in [-0.05, 0) is 31.2 Å². The predicted molar refractivity (Wildman–Crippen MR) is 112 cm³/mol. The molecule has 0 saturated heterocycles. The lowest BCUT2D eigenvalue weighted by Crippen LogP contribution is -2.18. The zero-order valence-electron chi connectivity index (χ0n) is 16.8. The number of benzene rings is 1. The Balaban J connectivity index is 1.70. The number of aromatic nitrogens is 1. The first kappa shape index (κ1) is 23.0. The average molecular weight is 466 g/mol. The Morgan fingerprint density at radius 3 is 2.47 bits per heavy atom. The van der Waals surface area contributed by atoms with Crippen LogP contribution in [0.1, 0.15) is 34.3 Å². The average Bonchev–Trinajstić information content (AvgIpc) is 3.30. The number of nitrogens with zero attached hydrogens (tertiary/aromatic N) is 1. The standard InChI is InChI=1S/C20H17F3N4O4S/c1-10-14(5-6-31-10)18(30)27-19-25-13(9-32-19)8-17(29)26-16-7-12(20(21,22)23)3-4-15(16)24-11(2)28/h3-7,9H,8H2,1-2H3,(H,24,28)(H,26,29)(H,25,27,30). The maximum atomic E-state index is 13.0. The minimum atomic E-state index is -4.62. The van der Waals surface area contributed by atoms with Gasteiger partial charge in [-0.25, -0.2) is 4.98 Å². The first-order chi connectivity index (χ1) is 15.0. The van der Waals surface area contributed by atoms with Gasteiger partial charge in [0, 0.05) is 12.3 Å². The zero-order chi connectivity index (χ0) is 23.5. The highest BCUT2D eigenvalue weighted by Gasteiger charge is 2.31. The van der Waals surface area contributed by atoms with Crippen LogP contribution in [0.4, 0.5) is 29.7 Å². The summed E-state index contributed by atoms with van der Waals surface area (Å²) < 4.78 is 44.2. The van der Waals surface area contributed by atoms with E-state index in [-0.39, 0.29) is 22.9 Å². The highest BCUT2D eigenvalue weighted by Crippen LogP contribution is 2.34. The van der Waals surface area contributed by atoms with Gasteiger partial charge < -0.3 is 15.1 Å². The highest BCUT2D eigenvalue weighted by molar-refractivity contribution is 7.14. The summed E-state index contributed by atoms with van der Waals surface area (Å²) >= 11 is 1.09. The van der Waals surface area contributed by atoms with Gasteiger partial charge in [-0.3, -0.25) is 19.7 Å². The minimum Gasteiger partial charge on any atom is -0.469 e. The number of hydrogen-bond donors (Lipinski definition) is 3. The Kier molecular flexibility index (Phi) is 6.63. The van der Waals surface area contributed by atoms with Gasteiger partial charge in [0.15, 0.2) is 5.13 Å². The lowest BCUT2D eigenvalue weighted by Gasteiger charge is -2.14. The van der Waals surface area contributed by atoms with Crippen molar-refractivity contribution in [2.24, 2.45) is 0 Å². The number of rotatable bonds is 6. The molecule has 0 aliphatic heterocycles. The van der Waals surface area contributed by atoms with Crippen molar-refractivity contribution in [2.45, 2.75) is 26.4 Å². The van der Waals surface area contributed by atoms with Crippen molar-refractivity contribution in [3.63, 3.8) is 0 Å². The molecule has 3 aromatic rings. The lowest BCUT2D eigenvalue weighted by atomic mass is 10.1. The Bertz CT molecular complexity index is 1170.